The number of aromatic amines is 1. The van der Waals surface area contributed by atoms with Crippen LogP contribution in [0.1, 0.15) is 22.3 Å². The number of halogens is 1. The lowest BCUT2D eigenvalue weighted by Gasteiger charge is -2.21. The van der Waals surface area contributed by atoms with Gasteiger partial charge in [-0.05, 0) is 48.3 Å². The van der Waals surface area contributed by atoms with Crippen molar-refractivity contribution in [3.8, 4) is 0 Å². The highest BCUT2D eigenvalue weighted by Gasteiger charge is 2.19. The molecule has 1 atom stereocenters. The number of para-hydroxylation sites is 1. The van der Waals surface area contributed by atoms with Gasteiger partial charge in [0.25, 0.3) is 5.56 Å². The fraction of sp³-hybridized carbons (Fsp3) is 0.174. The molecule has 0 saturated carbocycles. The number of likely N-dealkylation sites (N-methyl/N-ethyl adjacent to an activating group) is 1. The topological polar surface area (TPSA) is 78.1 Å². The van der Waals surface area contributed by atoms with Crippen LogP contribution in [0.3, 0.4) is 0 Å². The molecule has 1 unspecified atom stereocenters. The Hall–Kier alpha value is -3.36. The zero-order chi connectivity index (χ0) is 21.8. The Morgan fingerprint density at radius 1 is 1.16 bits per heavy atom. The number of nitrogens with one attached hydrogen (secondary N) is 2. The lowest BCUT2D eigenvalue weighted by molar-refractivity contribution is -0.122. The van der Waals surface area contributed by atoms with E-state index in [0.29, 0.717) is 23.3 Å². The van der Waals surface area contributed by atoms with E-state index in [0.717, 1.165) is 10.4 Å². The van der Waals surface area contributed by atoms with Gasteiger partial charge in [-0.25, -0.2) is 9.37 Å². The Labute approximate surface area is 182 Å². The number of carbonyl (C=O) groups excluding carboxylic acids is 1. The van der Waals surface area contributed by atoms with Crippen LogP contribution in [0.15, 0.2) is 70.8 Å². The van der Waals surface area contributed by atoms with Gasteiger partial charge in [0.15, 0.2) is 0 Å². The molecular formula is C23H21FN4O2S. The predicted octanol–water partition coefficient (Wildman–Crippen LogP) is 3.46. The number of aromatic nitrogens is 2. The van der Waals surface area contributed by atoms with Crippen LogP contribution in [0, 0.1) is 5.82 Å². The second-order valence-electron chi connectivity index (χ2n) is 7.27. The summed E-state index contributed by atoms with van der Waals surface area (Å²) in [5.41, 5.74) is 1.22. The maximum atomic E-state index is 13.3. The van der Waals surface area contributed by atoms with Crippen LogP contribution in [-0.2, 0) is 11.3 Å². The predicted molar refractivity (Wildman–Crippen MR) is 119 cm³/mol. The Morgan fingerprint density at radius 2 is 1.94 bits per heavy atom. The molecule has 8 heteroatoms. The molecule has 0 saturated heterocycles. The molecule has 0 bridgehead atoms. The zero-order valence-corrected chi connectivity index (χ0v) is 17.7. The van der Waals surface area contributed by atoms with Gasteiger partial charge in [-0.3, -0.25) is 14.5 Å². The molecule has 6 nitrogen and oxygen atoms in total. The van der Waals surface area contributed by atoms with Gasteiger partial charge in [0, 0.05) is 4.88 Å². The summed E-state index contributed by atoms with van der Waals surface area (Å²) in [7, 11) is 1.78. The fourth-order valence-electron chi connectivity index (χ4n) is 3.40. The summed E-state index contributed by atoms with van der Waals surface area (Å²) >= 11 is 1.52. The van der Waals surface area contributed by atoms with Crippen LogP contribution in [-0.4, -0.2) is 34.4 Å². The van der Waals surface area contributed by atoms with Crippen molar-refractivity contribution in [1.82, 2.24) is 20.2 Å². The second kappa shape index (κ2) is 9.20. The Balaban J connectivity index is 1.45. The summed E-state index contributed by atoms with van der Waals surface area (Å²) in [6.45, 7) is 0.424. The molecule has 158 valence electrons. The van der Waals surface area contributed by atoms with E-state index in [1.807, 2.05) is 23.6 Å². The van der Waals surface area contributed by atoms with Gasteiger partial charge in [0.2, 0.25) is 5.91 Å². The molecule has 0 aliphatic heterocycles. The maximum absolute atomic E-state index is 13.3. The van der Waals surface area contributed by atoms with Gasteiger partial charge < -0.3 is 10.3 Å². The van der Waals surface area contributed by atoms with Gasteiger partial charge >= 0.3 is 0 Å². The first kappa shape index (κ1) is 20.9. The normalized spacial score (nSPS) is 12.2. The maximum Gasteiger partial charge on any atom is 0.258 e. The van der Waals surface area contributed by atoms with Crippen LogP contribution < -0.4 is 10.9 Å². The van der Waals surface area contributed by atoms with E-state index >= 15 is 0 Å². The zero-order valence-electron chi connectivity index (χ0n) is 16.8. The molecule has 2 N–H and O–H groups in total. The number of benzene rings is 2. The van der Waals surface area contributed by atoms with E-state index in [1.165, 1.54) is 23.5 Å². The molecule has 0 fully saturated rings. The Bertz CT molecular complexity index is 1240. The highest BCUT2D eigenvalue weighted by molar-refractivity contribution is 7.10. The van der Waals surface area contributed by atoms with Crippen molar-refractivity contribution >= 4 is 28.1 Å². The van der Waals surface area contributed by atoms with E-state index < -0.39 is 0 Å². The van der Waals surface area contributed by atoms with E-state index in [2.05, 4.69) is 15.3 Å². The van der Waals surface area contributed by atoms with Crippen molar-refractivity contribution in [2.75, 3.05) is 13.6 Å². The van der Waals surface area contributed by atoms with Crippen LogP contribution in [0.2, 0.25) is 0 Å². The number of carbonyl (C=O) groups is 1. The van der Waals surface area contributed by atoms with Gasteiger partial charge in [0.1, 0.15) is 11.6 Å². The quantitative estimate of drug-likeness (QED) is 0.465. The highest BCUT2D eigenvalue weighted by Crippen LogP contribution is 2.26. The molecule has 0 aliphatic rings. The van der Waals surface area contributed by atoms with E-state index in [9.17, 15) is 14.0 Å². The average molecular weight is 437 g/mol. The monoisotopic (exact) mass is 436 g/mol. The van der Waals surface area contributed by atoms with E-state index in [-0.39, 0.29) is 29.9 Å². The van der Waals surface area contributed by atoms with Crippen molar-refractivity contribution in [1.29, 1.82) is 0 Å². The molecule has 1 amide bonds. The SMILES string of the molecule is CN(CC(=O)NC(c1ccc(F)cc1)c1cccs1)Cc1nc2ccccc2c(=O)[nH]1. The minimum atomic E-state index is -0.361. The first-order valence-corrected chi connectivity index (χ1v) is 10.6. The smallest absolute Gasteiger partial charge is 0.258 e. The third kappa shape index (κ3) is 5.04. The lowest BCUT2D eigenvalue weighted by atomic mass is 10.1. The standard InChI is InChI=1S/C23H21FN4O2S/c1-28(13-20-25-18-6-3-2-5-17(18)23(30)26-20)14-21(29)27-22(19-7-4-12-31-19)15-8-10-16(24)11-9-15/h2-12,22H,13-14H2,1H3,(H,27,29)(H,25,26,30). The van der Waals surface area contributed by atoms with Crippen molar-refractivity contribution in [2.24, 2.45) is 0 Å². The molecule has 0 radical (unpaired) electrons. The van der Waals surface area contributed by atoms with Crippen LogP contribution in [0.4, 0.5) is 4.39 Å². The number of hydrogen-bond acceptors (Lipinski definition) is 5. The van der Waals surface area contributed by atoms with Crippen molar-refractivity contribution in [2.45, 2.75) is 12.6 Å². The van der Waals surface area contributed by atoms with E-state index in [1.54, 1.807) is 42.3 Å². The minimum absolute atomic E-state index is 0.111. The summed E-state index contributed by atoms with van der Waals surface area (Å²) in [5.74, 6) is -0.0164. The number of nitrogens with zero attached hydrogens (tertiary/aromatic N) is 2. The van der Waals surface area contributed by atoms with Crippen LogP contribution in [0.25, 0.3) is 10.9 Å². The molecule has 0 aliphatic carbocycles. The highest BCUT2D eigenvalue weighted by atomic mass is 32.1. The summed E-state index contributed by atoms with van der Waals surface area (Å²) in [5, 5.41) is 5.50. The third-order valence-electron chi connectivity index (χ3n) is 4.83. The number of amides is 1. The van der Waals surface area contributed by atoms with E-state index in [4.69, 9.17) is 0 Å². The van der Waals surface area contributed by atoms with Gasteiger partial charge in [-0.2, -0.15) is 0 Å². The van der Waals surface area contributed by atoms with Crippen LogP contribution >= 0.6 is 11.3 Å². The Morgan fingerprint density at radius 3 is 2.68 bits per heavy atom. The fourth-order valence-corrected chi connectivity index (χ4v) is 4.21. The molecule has 4 rings (SSSR count). The number of hydrogen-bond donors (Lipinski definition) is 2. The molecule has 4 aromatic rings. The number of rotatable bonds is 7. The number of thiophene rings is 1. The molecule has 2 heterocycles. The average Bonchev–Trinajstić information content (AvgIpc) is 3.27. The molecule has 2 aromatic carbocycles. The van der Waals surface area contributed by atoms with Crippen LogP contribution in [0.5, 0.6) is 0 Å². The number of H-pyrrole nitrogens is 1. The first-order chi connectivity index (χ1) is 15.0. The van der Waals surface area contributed by atoms with Gasteiger partial charge in [0.05, 0.1) is 30.0 Å². The summed E-state index contributed by atoms with van der Waals surface area (Å²) < 4.78 is 13.3. The molecule has 0 spiro atoms. The largest absolute Gasteiger partial charge is 0.343 e. The number of fused-ring (bicyclic) bond motifs is 1. The summed E-state index contributed by atoms with van der Waals surface area (Å²) in [6.07, 6.45) is 0. The molecule has 2 aromatic heterocycles. The molecule has 31 heavy (non-hydrogen) atoms. The second-order valence-corrected chi connectivity index (χ2v) is 8.25. The van der Waals surface area contributed by atoms with Gasteiger partial charge in [-0.1, -0.05) is 30.3 Å². The summed E-state index contributed by atoms with van der Waals surface area (Å²) in [6, 6.07) is 16.7. The third-order valence-corrected chi connectivity index (χ3v) is 5.77. The first-order valence-electron chi connectivity index (χ1n) is 9.74. The van der Waals surface area contributed by atoms with Crippen molar-refractivity contribution in [3.05, 3.63) is 98.5 Å². The van der Waals surface area contributed by atoms with Crippen molar-refractivity contribution < 1.29 is 9.18 Å². The van der Waals surface area contributed by atoms with Gasteiger partial charge in [-0.15, -0.1) is 11.3 Å². The molecular weight excluding hydrogens is 415 g/mol. The lowest BCUT2D eigenvalue weighted by Crippen LogP contribution is -2.37. The van der Waals surface area contributed by atoms with Crippen molar-refractivity contribution in [3.63, 3.8) is 0 Å². The Kier molecular flexibility index (Phi) is 6.20. The minimum Gasteiger partial charge on any atom is -0.343 e. The summed E-state index contributed by atoms with van der Waals surface area (Å²) in [4.78, 5) is 35.0.